The van der Waals surface area contributed by atoms with E-state index in [0.29, 0.717) is 11.5 Å². The van der Waals surface area contributed by atoms with E-state index in [-0.39, 0.29) is 11.9 Å². The van der Waals surface area contributed by atoms with Crippen LogP contribution in [0.4, 0.5) is 5.69 Å². The molecule has 32 heavy (non-hydrogen) atoms. The smallest absolute Gasteiger partial charge is 0.284 e. The molecule has 1 fully saturated rings. The number of rotatable bonds is 2. The van der Waals surface area contributed by atoms with Crippen molar-refractivity contribution in [3.63, 3.8) is 0 Å². The number of carbonyl (C=O) groups is 1. The number of piperazine rings is 1. The lowest BCUT2D eigenvalue weighted by atomic mass is 9.98. The van der Waals surface area contributed by atoms with E-state index in [2.05, 4.69) is 22.8 Å². The highest BCUT2D eigenvalue weighted by atomic mass is 16.2. The zero-order chi connectivity index (χ0) is 22.2. The lowest BCUT2D eigenvalue weighted by Gasteiger charge is -2.31. The van der Waals surface area contributed by atoms with E-state index in [1.165, 1.54) is 0 Å². The number of anilines is 1. The summed E-state index contributed by atoms with van der Waals surface area (Å²) in [5, 5.41) is 0. The van der Waals surface area contributed by atoms with Crippen LogP contribution in [0.25, 0.3) is 0 Å². The molecule has 2 aromatic rings. The lowest BCUT2D eigenvalue weighted by Crippen LogP contribution is -2.42. The minimum atomic E-state index is -0.283. The minimum Gasteiger partial charge on any atom is -0.373 e. The number of carbonyl (C=O) groups excluding carboxylic acids is 1. The highest BCUT2D eigenvalue weighted by molar-refractivity contribution is 6.33. The maximum absolute atomic E-state index is 13.6. The number of amides is 1. The van der Waals surface area contributed by atoms with E-state index in [1.807, 2.05) is 61.7 Å². The van der Waals surface area contributed by atoms with E-state index in [4.69, 9.17) is 16.4 Å². The molecule has 160 valence electrons. The molecule has 0 aliphatic carbocycles. The molecule has 0 aromatic heterocycles. The van der Waals surface area contributed by atoms with E-state index >= 15 is 0 Å². The van der Waals surface area contributed by atoms with E-state index in [1.54, 1.807) is 4.90 Å². The van der Waals surface area contributed by atoms with Gasteiger partial charge in [-0.25, -0.2) is 4.99 Å². The van der Waals surface area contributed by atoms with Gasteiger partial charge in [-0.05, 0) is 32.2 Å². The molecule has 5 rings (SSSR count). The summed E-state index contributed by atoms with van der Waals surface area (Å²) < 4.78 is 0. The van der Waals surface area contributed by atoms with Crippen molar-refractivity contribution in [2.45, 2.75) is 13.0 Å². The van der Waals surface area contributed by atoms with Gasteiger partial charge in [0.25, 0.3) is 5.91 Å². The zero-order valence-electron chi connectivity index (χ0n) is 18.3. The molecule has 3 heterocycles. The summed E-state index contributed by atoms with van der Waals surface area (Å²) in [5.41, 5.74) is 4.62. The van der Waals surface area contributed by atoms with Crippen molar-refractivity contribution in [2.75, 3.05) is 38.1 Å². The van der Waals surface area contributed by atoms with Gasteiger partial charge in [0.05, 0.1) is 11.4 Å². The van der Waals surface area contributed by atoms with Gasteiger partial charge >= 0.3 is 0 Å². The average Bonchev–Trinajstić information content (AvgIpc) is 3.08. The number of hydrogen-bond acceptors (Lipinski definition) is 5. The summed E-state index contributed by atoms with van der Waals surface area (Å²) >= 11 is 0. The molecular weight excluding hydrogens is 398 g/mol. The fourth-order valence-electron chi connectivity index (χ4n) is 4.32. The third-order valence-electron chi connectivity index (χ3n) is 6.13. The number of aliphatic imine (C=N–C) groups is 2. The number of fused-ring (bicyclic) bond motifs is 3. The number of nitrogens with zero attached hydrogens (tertiary/aromatic N) is 5. The second kappa shape index (κ2) is 8.10. The van der Waals surface area contributed by atoms with Gasteiger partial charge in [-0.15, -0.1) is 6.42 Å². The first-order valence-corrected chi connectivity index (χ1v) is 10.9. The normalized spacial score (nSPS) is 22.1. The Hall–Kier alpha value is -3.69. The monoisotopic (exact) mass is 423 g/mol. The van der Waals surface area contributed by atoms with Crippen LogP contribution in [0.1, 0.15) is 23.6 Å². The fraction of sp³-hybridized carbons (Fsp3) is 0.269. The van der Waals surface area contributed by atoms with Crippen molar-refractivity contribution in [1.82, 2.24) is 9.80 Å². The van der Waals surface area contributed by atoms with Crippen molar-refractivity contribution in [1.29, 1.82) is 0 Å². The number of benzene rings is 2. The number of hydrogen-bond donors (Lipinski definition) is 0. The van der Waals surface area contributed by atoms with Crippen molar-refractivity contribution in [2.24, 2.45) is 9.98 Å². The van der Waals surface area contributed by atoms with Gasteiger partial charge in [0, 0.05) is 49.1 Å². The predicted molar refractivity (Wildman–Crippen MR) is 128 cm³/mol. The number of amidine groups is 1. The summed E-state index contributed by atoms with van der Waals surface area (Å²) in [4.78, 5) is 29.5. The Morgan fingerprint density at radius 1 is 1.09 bits per heavy atom. The molecule has 1 amide bonds. The molecule has 0 radical (unpaired) electrons. The topological polar surface area (TPSA) is 51.5 Å². The molecule has 1 unspecified atom stereocenters. The van der Waals surface area contributed by atoms with Crippen molar-refractivity contribution < 1.29 is 4.79 Å². The molecule has 6 heteroatoms. The Morgan fingerprint density at radius 2 is 1.84 bits per heavy atom. The minimum absolute atomic E-state index is 0.120. The fourth-order valence-corrected chi connectivity index (χ4v) is 4.32. The summed E-state index contributed by atoms with van der Waals surface area (Å²) in [7, 11) is 2.11. The van der Waals surface area contributed by atoms with Gasteiger partial charge in [0.15, 0.2) is 0 Å². The molecule has 3 aliphatic heterocycles. The first-order valence-electron chi connectivity index (χ1n) is 10.9. The molecule has 2 aromatic carbocycles. The maximum Gasteiger partial charge on any atom is 0.284 e. The molecule has 0 bridgehead atoms. The van der Waals surface area contributed by atoms with E-state index < -0.39 is 0 Å². The molecule has 0 saturated carbocycles. The molecule has 3 aliphatic rings. The molecular formula is C26H25N5O. The summed E-state index contributed by atoms with van der Waals surface area (Å²) in [5.74, 6) is 3.24. The van der Waals surface area contributed by atoms with Crippen molar-refractivity contribution in [3.8, 4) is 12.3 Å². The third kappa shape index (κ3) is 3.51. The Labute approximate surface area is 188 Å². The number of likely N-dealkylation sites (N-methyl/N-ethyl adjacent to an activating group) is 1. The molecule has 0 N–H and O–H groups in total. The molecule has 6 nitrogen and oxygen atoms in total. The molecule has 1 saturated heterocycles. The van der Waals surface area contributed by atoms with Crippen LogP contribution in [0, 0.1) is 12.3 Å². The second-order valence-corrected chi connectivity index (χ2v) is 8.36. The van der Waals surface area contributed by atoms with Crippen LogP contribution in [-0.4, -0.2) is 66.5 Å². The lowest BCUT2D eigenvalue weighted by molar-refractivity contribution is -0.114. The number of terminal acetylenes is 1. The highest BCUT2D eigenvalue weighted by Crippen LogP contribution is 2.34. The van der Waals surface area contributed by atoms with Gasteiger partial charge in [-0.2, -0.15) is 0 Å². The molecule has 0 spiro atoms. The van der Waals surface area contributed by atoms with Crippen molar-refractivity contribution in [3.05, 3.63) is 77.1 Å². The third-order valence-corrected chi connectivity index (χ3v) is 6.13. The zero-order valence-corrected chi connectivity index (χ0v) is 18.3. The first kappa shape index (κ1) is 20.2. The van der Waals surface area contributed by atoms with Crippen LogP contribution in [-0.2, 0) is 4.79 Å². The van der Waals surface area contributed by atoms with Crippen LogP contribution in [0.15, 0.2) is 70.4 Å². The first-order chi connectivity index (χ1) is 15.5. The van der Waals surface area contributed by atoms with Crippen LogP contribution in [0.2, 0.25) is 0 Å². The second-order valence-electron chi connectivity index (χ2n) is 8.36. The van der Waals surface area contributed by atoms with Crippen LogP contribution >= 0.6 is 0 Å². The maximum atomic E-state index is 13.6. The Balaban J connectivity index is 1.62. The summed E-state index contributed by atoms with van der Waals surface area (Å²) in [6, 6.07) is 15.4. The van der Waals surface area contributed by atoms with Gasteiger partial charge in [-0.1, -0.05) is 36.3 Å². The summed E-state index contributed by atoms with van der Waals surface area (Å²) in [6.07, 6.45) is 7.60. The Bertz CT molecular complexity index is 1200. The van der Waals surface area contributed by atoms with Crippen LogP contribution in [0.5, 0.6) is 0 Å². The van der Waals surface area contributed by atoms with E-state index in [0.717, 1.165) is 54.3 Å². The summed E-state index contributed by atoms with van der Waals surface area (Å²) in [6.45, 7) is 5.68. The standard InChI is InChI=1S/C26H25N5O/c1-4-19-10-11-23-21(16-19)24(20-8-6-5-7-9-20)27-18(2)25-28-22(26(32)31(23)25)17-30-14-12-29(3)13-15-30/h1,5-11,16-18H,12-15H2,2-3H3. The van der Waals surface area contributed by atoms with E-state index in [9.17, 15) is 4.79 Å². The molecule has 1 atom stereocenters. The van der Waals surface area contributed by atoms with Crippen molar-refractivity contribution >= 4 is 23.1 Å². The largest absolute Gasteiger partial charge is 0.373 e. The van der Waals surface area contributed by atoms with Gasteiger partial charge in [-0.3, -0.25) is 14.7 Å². The van der Waals surface area contributed by atoms with Gasteiger partial charge < -0.3 is 9.80 Å². The van der Waals surface area contributed by atoms with Gasteiger partial charge in [0.2, 0.25) is 0 Å². The van der Waals surface area contributed by atoms with Crippen LogP contribution < -0.4 is 4.90 Å². The van der Waals surface area contributed by atoms with Crippen LogP contribution in [0.3, 0.4) is 0 Å². The average molecular weight is 424 g/mol. The SMILES string of the molecule is C#Cc1ccc2c(c1)C(c1ccccc1)=NC(C)C1=NC(=CN3CCN(C)CC3)C(=O)N12. The quantitative estimate of drug-likeness (QED) is 0.551. The predicted octanol–water partition coefficient (Wildman–Crippen LogP) is 2.74. The highest BCUT2D eigenvalue weighted by Gasteiger charge is 2.38. The Morgan fingerprint density at radius 3 is 2.56 bits per heavy atom. The van der Waals surface area contributed by atoms with Gasteiger partial charge in [0.1, 0.15) is 17.6 Å². The Kier molecular flexibility index (Phi) is 5.12.